The largest absolute Gasteiger partial charge is 0.484 e. The van der Waals surface area contributed by atoms with Gasteiger partial charge < -0.3 is 15.4 Å². The van der Waals surface area contributed by atoms with Crippen molar-refractivity contribution in [1.82, 2.24) is 0 Å². The predicted molar refractivity (Wildman–Crippen MR) is 76.5 cm³/mol. The molecule has 0 saturated carbocycles. The molecule has 0 aliphatic heterocycles. The van der Waals surface area contributed by atoms with Crippen LogP contribution in [0.3, 0.4) is 0 Å². The van der Waals surface area contributed by atoms with E-state index in [1.54, 1.807) is 31.3 Å². The van der Waals surface area contributed by atoms with Gasteiger partial charge in [0.25, 0.3) is 5.91 Å². The molecule has 110 valence electrons. The van der Waals surface area contributed by atoms with Crippen LogP contribution in [0.4, 0.5) is 20.2 Å². The Morgan fingerprint density at radius 2 is 1.86 bits per heavy atom. The van der Waals surface area contributed by atoms with Crippen molar-refractivity contribution in [3.8, 4) is 5.75 Å². The first-order valence-corrected chi connectivity index (χ1v) is 6.24. The number of rotatable bonds is 5. The van der Waals surface area contributed by atoms with E-state index in [0.29, 0.717) is 11.8 Å². The van der Waals surface area contributed by atoms with Crippen LogP contribution in [0.2, 0.25) is 0 Å². The maximum absolute atomic E-state index is 13.4. The fourth-order valence-corrected chi connectivity index (χ4v) is 1.64. The van der Waals surface area contributed by atoms with Crippen LogP contribution in [-0.4, -0.2) is 19.6 Å². The van der Waals surface area contributed by atoms with Crippen LogP contribution in [0.5, 0.6) is 5.75 Å². The van der Waals surface area contributed by atoms with Crippen molar-refractivity contribution in [3.63, 3.8) is 0 Å². The van der Waals surface area contributed by atoms with Gasteiger partial charge in [-0.1, -0.05) is 0 Å². The van der Waals surface area contributed by atoms with Crippen LogP contribution in [-0.2, 0) is 4.79 Å². The van der Waals surface area contributed by atoms with Gasteiger partial charge in [-0.2, -0.15) is 0 Å². The Bertz CT molecular complexity index is 630. The van der Waals surface area contributed by atoms with E-state index in [4.69, 9.17) is 4.74 Å². The fourth-order valence-electron chi connectivity index (χ4n) is 1.64. The van der Waals surface area contributed by atoms with E-state index in [1.165, 1.54) is 0 Å². The van der Waals surface area contributed by atoms with Crippen molar-refractivity contribution in [2.24, 2.45) is 0 Å². The summed E-state index contributed by atoms with van der Waals surface area (Å²) in [6.07, 6.45) is 0. The molecular formula is C15H14F2N2O2. The molecular weight excluding hydrogens is 278 g/mol. The SMILES string of the molecule is CNc1ccc(OCC(=O)Nc2ccc(F)cc2F)cc1. The maximum Gasteiger partial charge on any atom is 0.262 e. The molecule has 0 spiro atoms. The number of hydrogen-bond donors (Lipinski definition) is 2. The number of anilines is 2. The van der Waals surface area contributed by atoms with Crippen LogP contribution in [0.25, 0.3) is 0 Å². The van der Waals surface area contributed by atoms with Gasteiger partial charge in [0.1, 0.15) is 17.4 Å². The monoisotopic (exact) mass is 292 g/mol. The number of amides is 1. The zero-order valence-electron chi connectivity index (χ0n) is 11.3. The first kappa shape index (κ1) is 14.8. The number of halogens is 2. The van der Waals surface area contributed by atoms with E-state index in [-0.39, 0.29) is 12.3 Å². The molecule has 0 aliphatic carbocycles. The highest BCUT2D eigenvalue weighted by Crippen LogP contribution is 2.16. The smallest absolute Gasteiger partial charge is 0.262 e. The first-order valence-electron chi connectivity index (χ1n) is 6.24. The van der Waals surface area contributed by atoms with Crippen LogP contribution in [0, 0.1) is 11.6 Å². The van der Waals surface area contributed by atoms with Crippen molar-refractivity contribution in [3.05, 3.63) is 54.1 Å². The zero-order valence-corrected chi connectivity index (χ0v) is 11.3. The van der Waals surface area contributed by atoms with Gasteiger partial charge in [-0.3, -0.25) is 4.79 Å². The average Bonchev–Trinajstić information content (AvgIpc) is 2.48. The minimum Gasteiger partial charge on any atom is -0.484 e. The number of ether oxygens (including phenoxy) is 1. The quantitative estimate of drug-likeness (QED) is 0.890. The van der Waals surface area contributed by atoms with Gasteiger partial charge in [0, 0.05) is 18.8 Å². The molecule has 2 rings (SSSR count). The summed E-state index contributed by atoms with van der Waals surface area (Å²) in [6.45, 7) is -0.268. The molecule has 4 nitrogen and oxygen atoms in total. The summed E-state index contributed by atoms with van der Waals surface area (Å²) in [6, 6.07) is 9.93. The lowest BCUT2D eigenvalue weighted by atomic mass is 10.3. The molecule has 0 aliphatic rings. The predicted octanol–water partition coefficient (Wildman–Crippen LogP) is 3.02. The van der Waals surface area contributed by atoms with Gasteiger partial charge >= 0.3 is 0 Å². The molecule has 21 heavy (non-hydrogen) atoms. The van der Waals surface area contributed by atoms with Crippen molar-refractivity contribution in [1.29, 1.82) is 0 Å². The van der Waals surface area contributed by atoms with Crippen molar-refractivity contribution < 1.29 is 18.3 Å². The molecule has 0 saturated heterocycles. The molecule has 2 aromatic rings. The number of carbonyl (C=O) groups excluding carboxylic acids is 1. The van der Waals surface area contributed by atoms with Gasteiger partial charge in [-0.15, -0.1) is 0 Å². The summed E-state index contributed by atoms with van der Waals surface area (Å²) in [5.74, 6) is -1.55. The van der Waals surface area contributed by atoms with Gasteiger partial charge in [0.2, 0.25) is 0 Å². The minimum atomic E-state index is -0.832. The Balaban J connectivity index is 1.89. The number of hydrogen-bond acceptors (Lipinski definition) is 3. The average molecular weight is 292 g/mol. The van der Waals surface area contributed by atoms with Crippen molar-refractivity contribution >= 4 is 17.3 Å². The topological polar surface area (TPSA) is 50.4 Å². The Hall–Kier alpha value is -2.63. The molecule has 0 aromatic heterocycles. The molecule has 2 aromatic carbocycles. The molecule has 1 amide bonds. The van der Waals surface area contributed by atoms with E-state index in [9.17, 15) is 13.6 Å². The summed E-state index contributed by atoms with van der Waals surface area (Å²) in [7, 11) is 1.79. The summed E-state index contributed by atoms with van der Waals surface area (Å²) in [4.78, 5) is 11.6. The highest BCUT2D eigenvalue weighted by atomic mass is 19.1. The standard InChI is InChI=1S/C15H14F2N2O2/c1-18-11-3-5-12(6-4-11)21-9-15(20)19-14-7-2-10(16)8-13(14)17/h2-8,18H,9H2,1H3,(H,19,20). The lowest BCUT2D eigenvalue weighted by Crippen LogP contribution is -2.20. The van der Waals surface area contributed by atoms with E-state index in [1.807, 2.05) is 0 Å². The van der Waals surface area contributed by atoms with Gasteiger partial charge in [0.05, 0.1) is 5.69 Å². The number of nitrogens with one attached hydrogen (secondary N) is 2. The van der Waals surface area contributed by atoms with Crippen LogP contribution < -0.4 is 15.4 Å². The molecule has 0 heterocycles. The lowest BCUT2D eigenvalue weighted by Gasteiger charge is -2.09. The molecule has 0 radical (unpaired) electrons. The highest BCUT2D eigenvalue weighted by Gasteiger charge is 2.08. The molecule has 0 atom stereocenters. The fraction of sp³-hybridized carbons (Fsp3) is 0.133. The highest BCUT2D eigenvalue weighted by molar-refractivity contribution is 5.91. The number of benzene rings is 2. The molecule has 0 fully saturated rings. The number of carbonyl (C=O) groups is 1. The van der Waals surface area contributed by atoms with Crippen LogP contribution >= 0.6 is 0 Å². The Morgan fingerprint density at radius 3 is 2.48 bits per heavy atom. The van der Waals surface area contributed by atoms with E-state index in [0.717, 1.165) is 17.8 Å². The second kappa shape index (κ2) is 6.69. The molecule has 2 N–H and O–H groups in total. The zero-order chi connectivity index (χ0) is 15.2. The van der Waals surface area contributed by atoms with Crippen molar-refractivity contribution in [2.45, 2.75) is 0 Å². The van der Waals surface area contributed by atoms with Gasteiger partial charge in [0.15, 0.2) is 6.61 Å². The summed E-state index contributed by atoms with van der Waals surface area (Å²) in [5.41, 5.74) is 0.829. The van der Waals surface area contributed by atoms with Crippen molar-refractivity contribution in [2.75, 3.05) is 24.3 Å². The summed E-state index contributed by atoms with van der Waals surface area (Å²) in [5, 5.41) is 5.27. The second-order valence-electron chi connectivity index (χ2n) is 4.24. The third kappa shape index (κ3) is 4.17. The first-order chi connectivity index (χ1) is 10.1. The molecule has 6 heteroatoms. The van der Waals surface area contributed by atoms with Gasteiger partial charge in [-0.05, 0) is 36.4 Å². The molecule has 0 unspecified atom stereocenters. The third-order valence-electron chi connectivity index (χ3n) is 2.72. The lowest BCUT2D eigenvalue weighted by molar-refractivity contribution is -0.118. The summed E-state index contributed by atoms with van der Waals surface area (Å²) >= 11 is 0. The third-order valence-corrected chi connectivity index (χ3v) is 2.72. The van der Waals surface area contributed by atoms with E-state index in [2.05, 4.69) is 10.6 Å². The second-order valence-corrected chi connectivity index (χ2v) is 4.24. The van der Waals surface area contributed by atoms with E-state index >= 15 is 0 Å². The Kier molecular flexibility index (Phi) is 4.71. The Labute approximate surface area is 120 Å². The summed E-state index contributed by atoms with van der Waals surface area (Å²) < 4.78 is 31.4. The van der Waals surface area contributed by atoms with E-state index < -0.39 is 17.5 Å². The maximum atomic E-state index is 13.4. The van der Waals surface area contributed by atoms with Crippen LogP contribution in [0.15, 0.2) is 42.5 Å². The van der Waals surface area contributed by atoms with Crippen LogP contribution in [0.1, 0.15) is 0 Å². The minimum absolute atomic E-state index is 0.0875. The normalized spacial score (nSPS) is 10.0. The molecule has 0 bridgehead atoms. The van der Waals surface area contributed by atoms with Gasteiger partial charge in [-0.25, -0.2) is 8.78 Å². The Morgan fingerprint density at radius 1 is 1.14 bits per heavy atom.